The van der Waals surface area contributed by atoms with Crippen molar-refractivity contribution >= 4 is 29.4 Å². The predicted octanol–water partition coefficient (Wildman–Crippen LogP) is 2.57. The highest BCUT2D eigenvalue weighted by atomic mass is 32.2. The van der Waals surface area contributed by atoms with E-state index in [1.165, 1.54) is 34.9 Å². The second-order valence-corrected chi connectivity index (χ2v) is 5.33. The Morgan fingerprint density at radius 2 is 2.19 bits per heavy atom. The molecule has 0 spiro atoms. The molecule has 5 nitrogen and oxygen atoms in total. The van der Waals surface area contributed by atoms with Crippen molar-refractivity contribution in [2.45, 2.75) is 19.4 Å². The molecule has 7 heteroatoms. The first-order valence-corrected chi connectivity index (χ1v) is 7.94. The Kier molecular flexibility index (Phi) is 7.01. The SMILES string of the molecule is CCN(C(=O)N[C@@H](CCSC)C(=O)O)c1cccc(F)c1. The predicted molar refractivity (Wildman–Crippen MR) is 82.4 cm³/mol. The van der Waals surface area contributed by atoms with Gasteiger partial charge < -0.3 is 10.4 Å². The van der Waals surface area contributed by atoms with E-state index in [0.717, 1.165) is 0 Å². The molecule has 1 rings (SSSR count). The number of amides is 2. The molecular weight excluding hydrogens is 295 g/mol. The van der Waals surface area contributed by atoms with Crippen LogP contribution >= 0.6 is 11.8 Å². The Bertz CT molecular complexity index is 499. The fourth-order valence-electron chi connectivity index (χ4n) is 1.81. The van der Waals surface area contributed by atoms with Gasteiger partial charge in [-0.2, -0.15) is 11.8 Å². The molecule has 0 heterocycles. The molecule has 116 valence electrons. The van der Waals surface area contributed by atoms with Gasteiger partial charge in [-0.3, -0.25) is 4.90 Å². The fraction of sp³-hybridized carbons (Fsp3) is 0.429. The Labute approximate surface area is 127 Å². The molecule has 0 fully saturated rings. The zero-order valence-corrected chi connectivity index (χ0v) is 12.8. The lowest BCUT2D eigenvalue weighted by Gasteiger charge is -2.24. The van der Waals surface area contributed by atoms with Crippen LogP contribution in [0.1, 0.15) is 13.3 Å². The molecule has 0 unspecified atom stereocenters. The number of hydrogen-bond donors (Lipinski definition) is 2. The van der Waals surface area contributed by atoms with Gasteiger partial charge in [0.2, 0.25) is 0 Å². The molecule has 2 N–H and O–H groups in total. The number of carbonyl (C=O) groups is 2. The average molecular weight is 314 g/mol. The largest absolute Gasteiger partial charge is 0.480 e. The molecule has 0 saturated heterocycles. The quantitative estimate of drug-likeness (QED) is 0.811. The minimum Gasteiger partial charge on any atom is -0.480 e. The number of benzene rings is 1. The van der Waals surface area contributed by atoms with Gasteiger partial charge in [0.1, 0.15) is 11.9 Å². The van der Waals surface area contributed by atoms with Crippen LogP contribution in [0.4, 0.5) is 14.9 Å². The number of nitrogens with zero attached hydrogens (tertiary/aromatic N) is 1. The van der Waals surface area contributed by atoms with Crippen LogP contribution in [0.3, 0.4) is 0 Å². The van der Waals surface area contributed by atoms with E-state index < -0.39 is 23.9 Å². The summed E-state index contributed by atoms with van der Waals surface area (Å²) in [5.41, 5.74) is 0.393. The molecular formula is C14H19FN2O3S. The maximum Gasteiger partial charge on any atom is 0.326 e. The zero-order chi connectivity index (χ0) is 15.8. The van der Waals surface area contributed by atoms with Crippen LogP contribution in [0.2, 0.25) is 0 Å². The number of halogens is 1. The van der Waals surface area contributed by atoms with Crippen molar-refractivity contribution in [3.05, 3.63) is 30.1 Å². The summed E-state index contributed by atoms with van der Waals surface area (Å²) in [7, 11) is 0. The van der Waals surface area contributed by atoms with Gasteiger partial charge in [0, 0.05) is 12.2 Å². The van der Waals surface area contributed by atoms with Gasteiger partial charge in [-0.05, 0) is 43.6 Å². The summed E-state index contributed by atoms with van der Waals surface area (Å²) >= 11 is 1.51. The second kappa shape index (κ2) is 8.51. The molecule has 0 aliphatic carbocycles. The number of rotatable bonds is 7. The number of nitrogens with one attached hydrogen (secondary N) is 1. The number of carboxylic acids is 1. The van der Waals surface area contributed by atoms with Crippen molar-refractivity contribution in [1.29, 1.82) is 0 Å². The molecule has 1 aromatic carbocycles. The van der Waals surface area contributed by atoms with E-state index in [2.05, 4.69) is 5.32 Å². The van der Waals surface area contributed by atoms with Gasteiger partial charge >= 0.3 is 12.0 Å². The number of thioether (sulfide) groups is 1. The number of anilines is 1. The Morgan fingerprint density at radius 3 is 2.71 bits per heavy atom. The van der Waals surface area contributed by atoms with Gasteiger partial charge in [-0.1, -0.05) is 6.07 Å². The van der Waals surface area contributed by atoms with E-state index in [1.807, 2.05) is 6.26 Å². The second-order valence-electron chi connectivity index (χ2n) is 4.35. The zero-order valence-electron chi connectivity index (χ0n) is 12.0. The smallest absolute Gasteiger partial charge is 0.326 e. The van der Waals surface area contributed by atoms with Crippen molar-refractivity contribution in [2.75, 3.05) is 23.5 Å². The van der Waals surface area contributed by atoms with Crippen LogP contribution in [0, 0.1) is 5.82 Å². The molecule has 0 radical (unpaired) electrons. The fourth-order valence-corrected chi connectivity index (χ4v) is 2.28. The van der Waals surface area contributed by atoms with Crippen molar-refractivity contribution in [3.8, 4) is 0 Å². The first-order valence-electron chi connectivity index (χ1n) is 6.55. The third kappa shape index (κ3) is 5.26. The van der Waals surface area contributed by atoms with Crippen LogP contribution in [0.15, 0.2) is 24.3 Å². The molecule has 0 saturated carbocycles. The van der Waals surface area contributed by atoms with E-state index >= 15 is 0 Å². The number of hydrogen-bond acceptors (Lipinski definition) is 3. The van der Waals surface area contributed by atoms with Gasteiger partial charge in [0.25, 0.3) is 0 Å². The van der Waals surface area contributed by atoms with Crippen LogP contribution in [0.5, 0.6) is 0 Å². The molecule has 1 aromatic rings. The summed E-state index contributed by atoms with van der Waals surface area (Å²) in [5, 5.41) is 11.6. The summed E-state index contributed by atoms with van der Waals surface area (Å²) in [6, 6.07) is 4.13. The number of urea groups is 1. The van der Waals surface area contributed by atoms with Gasteiger partial charge in [0.05, 0.1) is 0 Å². The average Bonchev–Trinajstić information content (AvgIpc) is 2.44. The van der Waals surface area contributed by atoms with E-state index in [9.17, 15) is 14.0 Å². The standard InChI is InChI=1S/C14H19FN2O3S/c1-3-17(11-6-4-5-10(15)9-11)14(20)16-12(13(18)19)7-8-21-2/h4-6,9,12H,3,7-8H2,1-2H3,(H,16,20)(H,18,19)/t12-/m0/s1. The normalized spacial score (nSPS) is 11.8. The van der Waals surface area contributed by atoms with E-state index in [-0.39, 0.29) is 0 Å². The van der Waals surface area contributed by atoms with Crippen molar-refractivity contribution in [1.82, 2.24) is 5.32 Å². The Morgan fingerprint density at radius 1 is 1.48 bits per heavy atom. The summed E-state index contributed by atoms with van der Waals surface area (Å²) in [6.45, 7) is 2.05. The van der Waals surface area contributed by atoms with Crippen molar-refractivity contribution in [2.24, 2.45) is 0 Å². The lowest BCUT2D eigenvalue weighted by molar-refractivity contribution is -0.139. The summed E-state index contributed by atoms with van der Waals surface area (Å²) in [6.07, 6.45) is 2.20. The first-order chi connectivity index (χ1) is 9.99. The van der Waals surface area contributed by atoms with Gasteiger partial charge in [-0.15, -0.1) is 0 Å². The molecule has 0 aromatic heterocycles. The summed E-state index contributed by atoms with van der Waals surface area (Å²) in [5.74, 6) is -0.896. The Hall–Kier alpha value is -1.76. The highest BCUT2D eigenvalue weighted by Gasteiger charge is 2.23. The van der Waals surface area contributed by atoms with E-state index in [0.29, 0.717) is 24.4 Å². The molecule has 0 aliphatic rings. The lowest BCUT2D eigenvalue weighted by atomic mass is 10.2. The van der Waals surface area contributed by atoms with Crippen LogP contribution in [0.25, 0.3) is 0 Å². The maximum atomic E-state index is 13.2. The number of carbonyl (C=O) groups excluding carboxylic acids is 1. The van der Waals surface area contributed by atoms with Crippen LogP contribution in [-0.4, -0.2) is 41.7 Å². The van der Waals surface area contributed by atoms with Crippen molar-refractivity contribution < 1.29 is 19.1 Å². The number of aliphatic carboxylic acids is 1. The maximum absolute atomic E-state index is 13.2. The highest BCUT2D eigenvalue weighted by Crippen LogP contribution is 2.15. The van der Waals surface area contributed by atoms with E-state index in [4.69, 9.17) is 5.11 Å². The van der Waals surface area contributed by atoms with Crippen LogP contribution in [-0.2, 0) is 4.79 Å². The monoisotopic (exact) mass is 314 g/mol. The molecule has 2 amide bonds. The summed E-state index contributed by atoms with van der Waals surface area (Å²) < 4.78 is 13.2. The molecule has 0 bridgehead atoms. The van der Waals surface area contributed by atoms with Gasteiger partial charge in [-0.25, -0.2) is 14.0 Å². The van der Waals surface area contributed by atoms with Gasteiger partial charge in [0.15, 0.2) is 0 Å². The topological polar surface area (TPSA) is 69.6 Å². The minimum atomic E-state index is -1.08. The molecule has 1 atom stereocenters. The molecule has 0 aliphatic heterocycles. The number of carboxylic acid groups (broad SMARTS) is 1. The van der Waals surface area contributed by atoms with Crippen molar-refractivity contribution in [3.63, 3.8) is 0 Å². The third-order valence-electron chi connectivity index (χ3n) is 2.89. The summed E-state index contributed by atoms with van der Waals surface area (Å²) in [4.78, 5) is 24.6. The first kappa shape index (κ1) is 17.3. The minimum absolute atomic E-state index is 0.310. The Balaban J connectivity index is 2.80. The molecule has 21 heavy (non-hydrogen) atoms. The van der Waals surface area contributed by atoms with Crippen LogP contribution < -0.4 is 10.2 Å². The van der Waals surface area contributed by atoms with E-state index in [1.54, 1.807) is 13.0 Å². The highest BCUT2D eigenvalue weighted by molar-refractivity contribution is 7.98. The lowest BCUT2D eigenvalue weighted by Crippen LogP contribution is -2.48. The third-order valence-corrected chi connectivity index (χ3v) is 3.53.